The van der Waals surface area contributed by atoms with Crippen molar-refractivity contribution < 1.29 is 0 Å². The van der Waals surface area contributed by atoms with Crippen LogP contribution in [0.15, 0.2) is 28.4 Å². The summed E-state index contributed by atoms with van der Waals surface area (Å²) in [5.41, 5.74) is 3.41. The van der Waals surface area contributed by atoms with E-state index in [4.69, 9.17) is 0 Å². The zero-order valence-electron chi connectivity index (χ0n) is 9.41. The minimum atomic E-state index is 0.572. The summed E-state index contributed by atoms with van der Waals surface area (Å²) in [5, 5.41) is 8.46. The van der Waals surface area contributed by atoms with Crippen molar-refractivity contribution in [2.24, 2.45) is 16.1 Å². The van der Waals surface area contributed by atoms with E-state index < -0.39 is 0 Å². The van der Waals surface area contributed by atoms with E-state index in [2.05, 4.69) is 50.1 Å². The van der Waals surface area contributed by atoms with Gasteiger partial charge in [0.1, 0.15) is 0 Å². The number of azo groups is 1. The third-order valence-electron chi connectivity index (χ3n) is 2.06. The van der Waals surface area contributed by atoms with Gasteiger partial charge in [-0.3, -0.25) is 0 Å². The van der Waals surface area contributed by atoms with E-state index in [0.29, 0.717) is 5.92 Å². The molecule has 1 aromatic rings. The van der Waals surface area contributed by atoms with Crippen molar-refractivity contribution in [2.45, 2.75) is 27.7 Å². The van der Waals surface area contributed by atoms with Gasteiger partial charge in [-0.25, -0.2) is 0 Å². The molecule has 0 aliphatic carbocycles. The smallest absolute Gasteiger partial charge is 0.0910 e. The van der Waals surface area contributed by atoms with Crippen LogP contribution in [0.3, 0.4) is 0 Å². The lowest BCUT2D eigenvalue weighted by Gasteiger charge is -2.02. The summed E-state index contributed by atoms with van der Waals surface area (Å²) in [6.07, 6.45) is 0. The van der Waals surface area contributed by atoms with E-state index in [1.165, 1.54) is 11.1 Å². The van der Waals surface area contributed by atoms with Crippen molar-refractivity contribution in [3.63, 3.8) is 0 Å². The fourth-order valence-corrected chi connectivity index (χ4v) is 1.24. The lowest BCUT2D eigenvalue weighted by Crippen LogP contribution is -1.90. The van der Waals surface area contributed by atoms with Crippen LogP contribution in [0, 0.1) is 19.8 Å². The third kappa shape index (κ3) is 2.95. The topological polar surface area (TPSA) is 24.7 Å². The predicted octanol–water partition coefficient (Wildman–Crippen LogP) is 4.04. The summed E-state index contributed by atoms with van der Waals surface area (Å²) in [7, 11) is 0. The number of benzene rings is 1. The monoisotopic (exact) mass is 190 g/mol. The first-order valence-electron chi connectivity index (χ1n) is 5.05. The Kier molecular flexibility index (Phi) is 3.81. The molecule has 0 atom stereocenters. The fourth-order valence-electron chi connectivity index (χ4n) is 1.24. The highest BCUT2D eigenvalue weighted by Crippen LogP contribution is 2.23. The van der Waals surface area contributed by atoms with Crippen LogP contribution in [-0.2, 0) is 0 Å². The first-order chi connectivity index (χ1) is 6.61. The van der Waals surface area contributed by atoms with Crippen LogP contribution in [0.2, 0.25) is 0 Å². The summed E-state index contributed by atoms with van der Waals surface area (Å²) in [5.74, 6) is 0.572. The Morgan fingerprint density at radius 3 is 2.21 bits per heavy atom. The van der Waals surface area contributed by atoms with Crippen molar-refractivity contribution in [3.05, 3.63) is 29.3 Å². The molecule has 0 aliphatic rings. The Morgan fingerprint density at radius 2 is 1.71 bits per heavy atom. The predicted molar refractivity (Wildman–Crippen MR) is 60.1 cm³/mol. The van der Waals surface area contributed by atoms with Gasteiger partial charge in [0, 0.05) is 0 Å². The molecule has 0 N–H and O–H groups in total. The number of nitrogens with zero attached hydrogens (tertiary/aromatic N) is 2. The molecule has 0 saturated heterocycles. The minimum Gasteiger partial charge on any atom is -0.188 e. The number of rotatable bonds is 3. The van der Waals surface area contributed by atoms with Gasteiger partial charge in [-0.05, 0) is 30.9 Å². The van der Waals surface area contributed by atoms with Gasteiger partial charge in [0.2, 0.25) is 0 Å². The largest absolute Gasteiger partial charge is 0.188 e. The zero-order valence-corrected chi connectivity index (χ0v) is 9.41. The van der Waals surface area contributed by atoms with Gasteiger partial charge in [-0.2, -0.15) is 10.2 Å². The molecule has 1 rings (SSSR count). The van der Waals surface area contributed by atoms with Gasteiger partial charge in [-0.1, -0.05) is 32.0 Å². The quantitative estimate of drug-likeness (QED) is 0.642. The van der Waals surface area contributed by atoms with E-state index in [9.17, 15) is 0 Å². The van der Waals surface area contributed by atoms with Crippen LogP contribution >= 0.6 is 0 Å². The SMILES string of the molecule is Cc1cccc(C)c1N=NCC(C)C. The van der Waals surface area contributed by atoms with E-state index in [-0.39, 0.29) is 0 Å². The minimum absolute atomic E-state index is 0.572. The van der Waals surface area contributed by atoms with Crippen LogP contribution in [0.5, 0.6) is 0 Å². The second-order valence-corrected chi connectivity index (χ2v) is 4.06. The van der Waals surface area contributed by atoms with Crippen LogP contribution < -0.4 is 0 Å². The van der Waals surface area contributed by atoms with Gasteiger partial charge in [-0.15, -0.1) is 0 Å². The van der Waals surface area contributed by atoms with Crippen molar-refractivity contribution in [2.75, 3.05) is 6.54 Å². The zero-order chi connectivity index (χ0) is 10.6. The van der Waals surface area contributed by atoms with Gasteiger partial charge in [0.15, 0.2) is 0 Å². The van der Waals surface area contributed by atoms with E-state index >= 15 is 0 Å². The van der Waals surface area contributed by atoms with Gasteiger partial charge < -0.3 is 0 Å². The van der Waals surface area contributed by atoms with Gasteiger partial charge >= 0.3 is 0 Å². The average molecular weight is 190 g/mol. The normalized spacial score (nSPS) is 11.5. The third-order valence-corrected chi connectivity index (χ3v) is 2.06. The molecule has 0 heterocycles. The number of hydrogen-bond acceptors (Lipinski definition) is 2. The molecule has 1 aromatic carbocycles. The maximum atomic E-state index is 4.27. The summed E-state index contributed by atoms with van der Waals surface area (Å²) in [6.45, 7) is 9.22. The first kappa shape index (κ1) is 10.9. The van der Waals surface area contributed by atoms with E-state index in [1.807, 2.05) is 6.07 Å². The lowest BCUT2D eigenvalue weighted by molar-refractivity contribution is 0.647. The van der Waals surface area contributed by atoms with Crippen LogP contribution in [-0.4, -0.2) is 6.54 Å². The molecule has 0 aromatic heterocycles. The molecule has 0 fully saturated rings. The van der Waals surface area contributed by atoms with Crippen molar-refractivity contribution in [3.8, 4) is 0 Å². The Balaban J connectivity index is 2.80. The Hall–Kier alpha value is -1.18. The van der Waals surface area contributed by atoms with Crippen LogP contribution in [0.25, 0.3) is 0 Å². The summed E-state index contributed by atoms with van der Waals surface area (Å²) in [4.78, 5) is 0. The second kappa shape index (κ2) is 4.89. The highest BCUT2D eigenvalue weighted by atomic mass is 15.1. The highest BCUT2D eigenvalue weighted by Gasteiger charge is 1.99. The van der Waals surface area contributed by atoms with E-state index in [1.54, 1.807) is 0 Å². The molecule has 2 heteroatoms. The molecule has 76 valence electrons. The maximum Gasteiger partial charge on any atom is 0.0910 e. The molecule has 0 aliphatic heterocycles. The number of hydrogen-bond donors (Lipinski definition) is 0. The van der Waals surface area contributed by atoms with Crippen LogP contribution in [0.4, 0.5) is 5.69 Å². The fraction of sp³-hybridized carbons (Fsp3) is 0.500. The molecule has 14 heavy (non-hydrogen) atoms. The summed E-state index contributed by atoms with van der Waals surface area (Å²) in [6, 6.07) is 6.18. The number of aryl methyl sites for hydroxylation is 2. The average Bonchev–Trinajstić information content (AvgIpc) is 2.09. The second-order valence-electron chi connectivity index (χ2n) is 4.06. The molecular formula is C12H18N2. The molecule has 0 unspecified atom stereocenters. The summed E-state index contributed by atoms with van der Waals surface area (Å²) < 4.78 is 0. The van der Waals surface area contributed by atoms with Gasteiger partial charge in [0.25, 0.3) is 0 Å². The first-order valence-corrected chi connectivity index (χ1v) is 5.05. The Morgan fingerprint density at radius 1 is 1.14 bits per heavy atom. The molecular weight excluding hydrogens is 172 g/mol. The van der Waals surface area contributed by atoms with Crippen molar-refractivity contribution >= 4 is 5.69 Å². The van der Waals surface area contributed by atoms with Crippen molar-refractivity contribution in [1.29, 1.82) is 0 Å². The lowest BCUT2D eigenvalue weighted by atomic mass is 10.1. The molecule has 0 saturated carbocycles. The molecule has 0 spiro atoms. The summed E-state index contributed by atoms with van der Waals surface area (Å²) >= 11 is 0. The van der Waals surface area contributed by atoms with Crippen LogP contribution in [0.1, 0.15) is 25.0 Å². The van der Waals surface area contributed by atoms with Gasteiger partial charge in [0.05, 0.1) is 12.2 Å². The highest BCUT2D eigenvalue weighted by molar-refractivity contribution is 5.50. The molecule has 2 nitrogen and oxygen atoms in total. The Labute approximate surface area is 86.1 Å². The standard InChI is InChI=1S/C12H18N2/c1-9(2)8-13-14-12-10(3)6-5-7-11(12)4/h5-7,9H,8H2,1-4H3. The van der Waals surface area contributed by atoms with E-state index in [0.717, 1.165) is 12.2 Å². The maximum absolute atomic E-state index is 4.27. The molecule has 0 amide bonds. The van der Waals surface area contributed by atoms with Crippen molar-refractivity contribution in [1.82, 2.24) is 0 Å². The molecule has 0 radical (unpaired) electrons. The molecule has 0 bridgehead atoms. The Bertz CT molecular complexity index is 307.